The van der Waals surface area contributed by atoms with Crippen LogP contribution in [0.1, 0.15) is 11.1 Å². The number of carbonyl (C=O) groups is 2. The van der Waals surface area contributed by atoms with Crippen LogP contribution in [-0.2, 0) is 22.4 Å². The molecular formula is C17H21N5O2. The van der Waals surface area contributed by atoms with Crippen molar-refractivity contribution >= 4 is 11.8 Å². The van der Waals surface area contributed by atoms with Gasteiger partial charge in [-0.3, -0.25) is 19.6 Å². The van der Waals surface area contributed by atoms with Crippen LogP contribution in [0.5, 0.6) is 0 Å². The molecule has 7 nitrogen and oxygen atoms in total. The third kappa shape index (κ3) is 5.77. The first-order valence-corrected chi connectivity index (χ1v) is 7.75. The lowest BCUT2D eigenvalue weighted by Crippen LogP contribution is -2.51. The van der Waals surface area contributed by atoms with Crippen LogP contribution in [0.25, 0.3) is 0 Å². The van der Waals surface area contributed by atoms with Crippen molar-refractivity contribution in [2.24, 2.45) is 5.73 Å². The Hall–Kier alpha value is -2.80. The number of rotatable bonds is 8. The summed E-state index contributed by atoms with van der Waals surface area (Å²) in [5, 5.41) is 5.33. The third-order valence-electron chi connectivity index (χ3n) is 3.49. The zero-order valence-corrected chi connectivity index (χ0v) is 13.3. The molecule has 7 heteroatoms. The lowest BCUT2D eigenvalue weighted by atomic mass is 10.2. The Morgan fingerprint density at radius 3 is 1.58 bits per heavy atom. The minimum absolute atomic E-state index is 0.418. The fraction of sp³-hybridized carbons (Fsp3) is 0.294. The van der Waals surface area contributed by atoms with Crippen molar-refractivity contribution in [3.8, 4) is 0 Å². The fourth-order valence-electron chi connectivity index (χ4n) is 2.10. The van der Waals surface area contributed by atoms with Gasteiger partial charge in [-0.2, -0.15) is 0 Å². The van der Waals surface area contributed by atoms with Crippen molar-refractivity contribution in [3.63, 3.8) is 0 Å². The number of carbonyl (C=O) groups excluding carboxylic acids is 2. The summed E-state index contributed by atoms with van der Waals surface area (Å²) < 4.78 is 0. The first kappa shape index (κ1) is 17.6. The number of hydrogen-bond acceptors (Lipinski definition) is 5. The molecule has 2 amide bonds. The van der Waals surface area contributed by atoms with E-state index in [0.717, 1.165) is 11.1 Å². The molecule has 0 bridgehead atoms. The summed E-state index contributed by atoms with van der Waals surface area (Å²) in [6.45, 7) is 0.835. The second-order valence-corrected chi connectivity index (χ2v) is 5.27. The highest BCUT2D eigenvalue weighted by atomic mass is 16.2. The van der Waals surface area contributed by atoms with Crippen LogP contribution in [0.2, 0.25) is 0 Å². The van der Waals surface area contributed by atoms with Crippen LogP contribution in [0, 0.1) is 0 Å². The molecule has 2 heterocycles. The van der Waals surface area contributed by atoms with Gasteiger partial charge in [-0.05, 0) is 48.2 Å². The summed E-state index contributed by atoms with van der Waals surface area (Å²) >= 11 is 0. The maximum Gasteiger partial charge on any atom is 0.246 e. The molecule has 126 valence electrons. The normalized spacial score (nSPS) is 10.4. The van der Waals surface area contributed by atoms with Gasteiger partial charge in [0.2, 0.25) is 11.8 Å². The van der Waals surface area contributed by atoms with E-state index in [1.54, 1.807) is 24.8 Å². The number of nitrogens with one attached hydrogen (secondary N) is 2. The molecule has 0 fully saturated rings. The molecule has 4 N–H and O–H groups in total. The van der Waals surface area contributed by atoms with Crippen LogP contribution in [0.15, 0.2) is 49.1 Å². The summed E-state index contributed by atoms with van der Waals surface area (Å²) in [6, 6.07) is 6.28. The third-order valence-corrected chi connectivity index (χ3v) is 3.49. The van der Waals surface area contributed by atoms with Gasteiger partial charge >= 0.3 is 0 Å². The van der Waals surface area contributed by atoms with Gasteiger partial charge in [0.15, 0.2) is 6.04 Å². The highest BCUT2D eigenvalue weighted by Crippen LogP contribution is 1.97. The summed E-state index contributed by atoms with van der Waals surface area (Å²) in [6.07, 6.45) is 8.09. The summed E-state index contributed by atoms with van der Waals surface area (Å²) in [4.78, 5) is 31.6. The molecule has 2 rings (SSSR count). The minimum Gasteiger partial charge on any atom is -0.354 e. The average molecular weight is 327 g/mol. The summed E-state index contributed by atoms with van der Waals surface area (Å²) in [5.74, 6) is -0.962. The van der Waals surface area contributed by atoms with Crippen molar-refractivity contribution in [2.75, 3.05) is 13.1 Å². The molecule has 2 aromatic heterocycles. The lowest BCUT2D eigenvalue weighted by molar-refractivity contribution is -0.131. The van der Waals surface area contributed by atoms with E-state index in [0.29, 0.717) is 25.9 Å². The fourth-order valence-corrected chi connectivity index (χ4v) is 2.10. The van der Waals surface area contributed by atoms with Crippen LogP contribution in [0.4, 0.5) is 0 Å². The van der Waals surface area contributed by atoms with E-state index < -0.39 is 17.9 Å². The molecule has 0 saturated heterocycles. The molecule has 0 aliphatic heterocycles. The maximum absolute atomic E-state index is 11.9. The smallest absolute Gasteiger partial charge is 0.246 e. The molecule has 24 heavy (non-hydrogen) atoms. The second-order valence-electron chi connectivity index (χ2n) is 5.27. The van der Waals surface area contributed by atoms with Crippen LogP contribution in [0.3, 0.4) is 0 Å². The Bertz CT molecular complexity index is 591. The number of nitrogens with two attached hydrogens (primary N) is 1. The molecule has 0 unspecified atom stereocenters. The lowest BCUT2D eigenvalue weighted by Gasteiger charge is -2.12. The monoisotopic (exact) mass is 327 g/mol. The van der Waals surface area contributed by atoms with Gasteiger partial charge in [0.05, 0.1) is 0 Å². The first-order valence-electron chi connectivity index (χ1n) is 7.75. The van der Waals surface area contributed by atoms with Crippen molar-refractivity contribution in [1.82, 2.24) is 20.6 Å². The van der Waals surface area contributed by atoms with Crippen LogP contribution in [-0.4, -0.2) is 40.9 Å². The average Bonchev–Trinajstić information content (AvgIpc) is 2.62. The minimum atomic E-state index is -1.21. The number of pyridine rings is 2. The Balaban J connectivity index is 1.67. The molecule has 0 radical (unpaired) electrons. The topological polar surface area (TPSA) is 110 Å². The summed E-state index contributed by atoms with van der Waals surface area (Å²) in [5.41, 5.74) is 7.79. The number of aromatic nitrogens is 2. The second kappa shape index (κ2) is 9.36. The molecule has 0 aromatic carbocycles. The molecule has 0 aliphatic rings. The molecule has 2 aromatic rings. The quantitative estimate of drug-likeness (QED) is 0.583. The Morgan fingerprint density at radius 2 is 1.21 bits per heavy atom. The number of amides is 2. The largest absolute Gasteiger partial charge is 0.354 e. The Kier molecular flexibility index (Phi) is 6.85. The molecule has 0 saturated carbocycles. The van der Waals surface area contributed by atoms with E-state index in [1.807, 2.05) is 24.3 Å². The van der Waals surface area contributed by atoms with Crippen molar-refractivity contribution in [2.45, 2.75) is 18.9 Å². The molecule has 0 atom stereocenters. The Morgan fingerprint density at radius 1 is 0.833 bits per heavy atom. The maximum atomic E-state index is 11.9. The molecular weight excluding hydrogens is 306 g/mol. The number of nitrogens with zero attached hydrogens (tertiary/aromatic N) is 2. The highest BCUT2D eigenvalue weighted by Gasteiger charge is 2.21. The highest BCUT2D eigenvalue weighted by molar-refractivity contribution is 6.04. The van der Waals surface area contributed by atoms with E-state index in [-0.39, 0.29) is 0 Å². The van der Waals surface area contributed by atoms with Crippen LogP contribution < -0.4 is 16.4 Å². The SMILES string of the molecule is NC(C(=O)NCCc1ccncc1)C(=O)NCCc1ccncc1. The van der Waals surface area contributed by atoms with Gasteiger partial charge in [-0.1, -0.05) is 0 Å². The Labute approximate surface area is 140 Å². The van der Waals surface area contributed by atoms with Gasteiger partial charge < -0.3 is 16.4 Å². The van der Waals surface area contributed by atoms with Crippen molar-refractivity contribution < 1.29 is 9.59 Å². The standard InChI is InChI=1S/C17H21N5O2/c18-15(16(23)21-11-5-13-1-7-19-8-2-13)17(24)22-12-6-14-3-9-20-10-4-14/h1-4,7-10,15H,5-6,11-12,18H2,(H,21,23)(H,22,24). The van der Waals surface area contributed by atoms with E-state index >= 15 is 0 Å². The van der Waals surface area contributed by atoms with Gasteiger partial charge in [0, 0.05) is 37.9 Å². The van der Waals surface area contributed by atoms with Gasteiger partial charge in [0.1, 0.15) is 0 Å². The van der Waals surface area contributed by atoms with E-state index in [9.17, 15) is 9.59 Å². The zero-order chi connectivity index (χ0) is 17.2. The first-order chi connectivity index (χ1) is 11.7. The van der Waals surface area contributed by atoms with Gasteiger partial charge in [-0.25, -0.2) is 0 Å². The van der Waals surface area contributed by atoms with E-state index in [2.05, 4.69) is 20.6 Å². The van der Waals surface area contributed by atoms with E-state index in [4.69, 9.17) is 5.73 Å². The van der Waals surface area contributed by atoms with Gasteiger partial charge in [0.25, 0.3) is 0 Å². The number of hydrogen-bond donors (Lipinski definition) is 3. The predicted octanol–water partition coefficient (Wildman–Crippen LogP) is -0.178. The molecule has 0 aliphatic carbocycles. The summed E-state index contributed by atoms with van der Waals surface area (Å²) in [7, 11) is 0. The zero-order valence-electron chi connectivity index (χ0n) is 13.3. The predicted molar refractivity (Wildman–Crippen MR) is 89.9 cm³/mol. The van der Waals surface area contributed by atoms with Crippen molar-refractivity contribution in [3.05, 3.63) is 60.2 Å². The molecule has 0 spiro atoms. The van der Waals surface area contributed by atoms with E-state index in [1.165, 1.54) is 0 Å². The van der Waals surface area contributed by atoms with Gasteiger partial charge in [-0.15, -0.1) is 0 Å². The van der Waals surface area contributed by atoms with Crippen LogP contribution >= 0.6 is 0 Å². The van der Waals surface area contributed by atoms with Crippen molar-refractivity contribution in [1.29, 1.82) is 0 Å².